The van der Waals surface area contributed by atoms with Gasteiger partial charge in [0.25, 0.3) is 0 Å². The molecular weight excluding hydrogens is 381 g/mol. The van der Waals surface area contributed by atoms with Gasteiger partial charge in [-0.1, -0.05) is 48.0 Å². The summed E-state index contributed by atoms with van der Waals surface area (Å²) in [6, 6.07) is 7.14. The summed E-state index contributed by atoms with van der Waals surface area (Å²) in [4.78, 5) is 8.65. The maximum Gasteiger partial charge on any atom is 0.231 e. The largest absolute Gasteiger partial charge is 0.422 e. The van der Waals surface area contributed by atoms with E-state index in [-0.39, 0.29) is 23.2 Å². The summed E-state index contributed by atoms with van der Waals surface area (Å²) in [6.07, 6.45) is 0. The van der Waals surface area contributed by atoms with Gasteiger partial charge in [0, 0.05) is 15.6 Å². The molecule has 25 heavy (non-hydrogen) atoms. The predicted octanol–water partition coefficient (Wildman–Crippen LogP) is 3.70. The van der Waals surface area contributed by atoms with Crippen LogP contribution < -0.4 is 16.2 Å². The Morgan fingerprint density at radius 2 is 1.92 bits per heavy atom. The minimum Gasteiger partial charge on any atom is -0.422 e. The van der Waals surface area contributed by atoms with E-state index in [1.165, 1.54) is 11.8 Å². The van der Waals surface area contributed by atoms with Crippen molar-refractivity contribution in [2.75, 3.05) is 11.5 Å². The highest BCUT2D eigenvalue weighted by molar-refractivity contribution is 7.99. The highest BCUT2D eigenvalue weighted by Gasteiger charge is 2.36. The van der Waals surface area contributed by atoms with Gasteiger partial charge in [-0.2, -0.15) is 10.2 Å². The zero-order valence-corrected chi connectivity index (χ0v) is 15.4. The summed E-state index contributed by atoms with van der Waals surface area (Å²) in [5.41, 5.74) is 13.2. The average Bonchev–Trinajstić information content (AvgIpc) is 2.54. The van der Waals surface area contributed by atoms with Gasteiger partial charge in [-0.25, -0.2) is 4.98 Å². The summed E-state index contributed by atoms with van der Waals surface area (Å²) in [7, 11) is 0. The lowest BCUT2D eigenvalue weighted by atomic mass is 9.84. The summed E-state index contributed by atoms with van der Waals surface area (Å²) in [6.45, 7) is 1.97. The molecule has 0 fully saturated rings. The molecule has 9 heteroatoms. The SMILES string of the molecule is CCSc1nc(N)c2c(n1)OC(N)=C(C#N)[C@H]2c1c(Cl)cccc1Cl. The number of nitrogens with two attached hydrogens (primary N) is 2. The van der Waals surface area contributed by atoms with E-state index < -0.39 is 5.92 Å². The first-order valence-electron chi connectivity index (χ1n) is 7.29. The number of fused-ring (bicyclic) bond motifs is 1. The maximum atomic E-state index is 9.59. The van der Waals surface area contributed by atoms with Gasteiger partial charge in [-0.3, -0.25) is 0 Å². The molecule has 6 nitrogen and oxygen atoms in total. The van der Waals surface area contributed by atoms with Crippen LogP contribution in [0.4, 0.5) is 5.82 Å². The Balaban J connectivity index is 2.30. The summed E-state index contributed by atoms with van der Waals surface area (Å²) < 4.78 is 5.54. The number of hydrogen-bond acceptors (Lipinski definition) is 7. The van der Waals surface area contributed by atoms with Crippen molar-refractivity contribution in [2.24, 2.45) is 5.73 Å². The third kappa shape index (κ3) is 3.09. The molecule has 0 spiro atoms. The Morgan fingerprint density at radius 3 is 2.52 bits per heavy atom. The monoisotopic (exact) mass is 393 g/mol. The van der Waals surface area contributed by atoms with Crippen molar-refractivity contribution >= 4 is 40.8 Å². The number of nitriles is 1. The summed E-state index contributed by atoms with van der Waals surface area (Å²) in [5, 5.41) is 10.8. The van der Waals surface area contributed by atoms with Gasteiger partial charge < -0.3 is 16.2 Å². The zero-order chi connectivity index (χ0) is 18.1. The van der Waals surface area contributed by atoms with E-state index in [0.717, 1.165) is 5.75 Å². The lowest BCUT2D eigenvalue weighted by Gasteiger charge is -2.27. The van der Waals surface area contributed by atoms with E-state index in [0.29, 0.717) is 26.3 Å². The zero-order valence-electron chi connectivity index (χ0n) is 13.1. The molecule has 3 rings (SSSR count). The number of nitrogen functional groups attached to an aromatic ring is 1. The van der Waals surface area contributed by atoms with Crippen LogP contribution in [-0.2, 0) is 0 Å². The average molecular weight is 394 g/mol. The van der Waals surface area contributed by atoms with Crippen molar-refractivity contribution in [2.45, 2.75) is 18.0 Å². The lowest BCUT2D eigenvalue weighted by Crippen LogP contribution is -2.24. The Kier molecular flexibility index (Phi) is 4.95. The van der Waals surface area contributed by atoms with Crippen molar-refractivity contribution < 1.29 is 4.74 Å². The van der Waals surface area contributed by atoms with Crippen LogP contribution in [0.1, 0.15) is 24.0 Å². The van der Waals surface area contributed by atoms with Crippen LogP contribution in [-0.4, -0.2) is 15.7 Å². The first kappa shape index (κ1) is 17.7. The number of nitrogens with zero attached hydrogens (tertiary/aromatic N) is 3. The smallest absolute Gasteiger partial charge is 0.231 e. The van der Waals surface area contributed by atoms with Crippen LogP contribution in [0.25, 0.3) is 0 Å². The fraction of sp³-hybridized carbons (Fsp3) is 0.188. The molecule has 2 aromatic rings. The highest BCUT2D eigenvalue weighted by atomic mass is 35.5. The third-order valence-corrected chi connectivity index (χ3v) is 5.04. The Hall–Kier alpha value is -2.14. The first-order valence-corrected chi connectivity index (χ1v) is 9.03. The van der Waals surface area contributed by atoms with Crippen LogP contribution in [0, 0.1) is 11.3 Å². The van der Waals surface area contributed by atoms with Gasteiger partial charge in [0.15, 0.2) is 5.16 Å². The van der Waals surface area contributed by atoms with E-state index >= 15 is 0 Å². The number of aromatic nitrogens is 2. The van der Waals surface area contributed by atoms with Crippen molar-refractivity contribution in [3.63, 3.8) is 0 Å². The topological polar surface area (TPSA) is 111 Å². The summed E-state index contributed by atoms with van der Waals surface area (Å²) in [5.74, 6) is 0.424. The molecule has 1 aromatic heterocycles. The number of ether oxygens (including phenoxy) is 1. The van der Waals surface area contributed by atoms with Crippen molar-refractivity contribution in [1.82, 2.24) is 9.97 Å². The van der Waals surface area contributed by atoms with Crippen LogP contribution in [0.5, 0.6) is 5.88 Å². The third-order valence-electron chi connectivity index (χ3n) is 3.65. The number of anilines is 1. The molecule has 1 aliphatic rings. The number of rotatable bonds is 3. The fourth-order valence-corrected chi connectivity index (χ4v) is 3.81. The van der Waals surface area contributed by atoms with E-state index in [1.807, 2.05) is 6.92 Å². The first-order chi connectivity index (χ1) is 12.0. The molecule has 0 aliphatic carbocycles. The van der Waals surface area contributed by atoms with Crippen LogP contribution in [0.2, 0.25) is 10.0 Å². The van der Waals surface area contributed by atoms with Crippen molar-refractivity contribution in [3.8, 4) is 11.9 Å². The number of thioether (sulfide) groups is 1. The van der Waals surface area contributed by atoms with Gasteiger partial charge in [-0.05, 0) is 17.9 Å². The molecule has 128 valence electrons. The normalized spacial score (nSPS) is 16.2. The standard InChI is InChI=1S/C16H13Cl2N5OS/c1-2-25-16-22-13(20)12-10(11-8(17)4-3-5-9(11)18)7(6-19)14(21)24-15(12)23-16/h3-5,10H,2,21H2,1H3,(H2,20,22,23)/t10-/m0/s1. The van der Waals surface area contributed by atoms with Crippen LogP contribution in [0.15, 0.2) is 34.8 Å². The van der Waals surface area contributed by atoms with Gasteiger partial charge in [0.1, 0.15) is 17.5 Å². The molecule has 0 radical (unpaired) electrons. The maximum absolute atomic E-state index is 9.59. The Morgan fingerprint density at radius 1 is 1.24 bits per heavy atom. The van der Waals surface area contributed by atoms with E-state index in [4.69, 9.17) is 39.4 Å². The van der Waals surface area contributed by atoms with Gasteiger partial charge in [0.05, 0.1) is 11.5 Å². The molecule has 0 saturated carbocycles. The molecule has 1 atom stereocenters. The van der Waals surface area contributed by atoms with Gasteiger partial charge in [0.2, 0.25) is 11.8 Å². The van der Waals surface area contributed by atoms with E-state index in [1.54, 1.807) is 18.2 Å². The second-order valence-electron chi connectivity index (χ2n) is 5.10. The molecular formula is C16H13Cl2N5OS. The minimum absolute atomic E-state index is 0.0541. The predicted molar refractivity (Wildman–Crippen MR) is 98.6 cm³/mol. The van der Waals surface area contributed by atoms with E-state index in [9.17, 15) is 5.26 Å². The van der Waals surface area contributed by atoms with Crippen molar-refractivity contribution in [3.05, 3.63) is 50.8 Å². The molecule has 0 saturated heterocycles. The highest BCUT2D eigenvalue weighted by Crippen LogP contribution is 2.47. The second-order valence-corrected chi connectivity index (χ2v) is 7.15. The van der Waals surface area contributed by atoms with Gasteiger partial charge in [-0.15, -0.1) is 0 Å². The van der Waals surface area contributed by atoms with Gasteiger partial charge >= 0.3 is 0 Å². The number of allylic oxidation sites excluding steroid dienone is 1. The number of benzene rings is 1. The van der Waals surface area contributed by atoms with Crippen molar-refractivity contribution in [1.29, 1.82) is 5.26 Å². The molecule has 0 bridgehead atoms. The summed E-state index contributed by atoms with van der Waals surface area (Å²) >= 11 is 14.1. The Labute approximate surface area is 158 Å². The number of hydrogen-bond donors (Lipinski definition) is 2. The Bertz CT molecular complexity index is 905. The molecule has 1 aromatic carbocycles. The number of halogens is 2. The van der Waals surface area contributed by atoms with Crippen LogP contribution in [0.3, 0.4) is 0 Å². The molecule has 2 heterocycles. The molecule has 0 amide bonds. The fourth-order valence-electron chi connectivity index (χ4n) is 2.63. The quantitative estimate of drug-likeness (QED) is 0.603. The van der Waals surface area contributed by atoms with Crippen LogP contribution >= 0.6 is 35.0 Å². The van der Waals surface area contributed by atoms with E-state index in [2.05, 4.69) is 16.0 Å². The second kappa shape index (κ2) is 7.00. The minimum atomic E-state index is -0.698. The lowest BCUT2D eigenvalue weighted by molar-refractivity contribution is 0.373. The molecule has 0 unspecified atom stereocenters. The molecule has 1 aliphatic heterocycles. The molecule has 4 N–H and O–H groups in total.